The monoisotopic (exact) mass is 740 g/mol. The third kappa shape index (κ3) is 7.50. The molecule has 1 unspecified atom stereocenters. The number of rotatable bonds is 11. The zero-order valence-corrected chi connectivity index (χ0v) is 31.0. The van der Waals surface area contributed by atoms with Gasteiger partial charge in [-0.3, -0.25) is 19.3 Å². The fourth-order valence-electron chi connectivity index (χ4n) is 7.18. The van der Waals surface area contributed by atoms with Crippen LogP contribution in [0.25, 0.3) is 44.5 Å². The third-order valence-corrected chi connectivity index (χ3v) is 10.9. The van der Waals surface area contributed by atoms with E-state index in [9.17, 15) is 9.59 Å². The van der Waals surface area contributed by atoms with Gasteiger partial charge in [-0.2, -0.15) is 5.10 Å². The lowest BCUT2D eigenvalue weighted by Gasteiger charge is -2.31. The number of nitrogens with zero attached hydrogens (tertiary/aromatic N) is 5. The predicted molar refractivity (Wildman–Crippen MR) is 204 cm³/mol. The number of aryl methyl sites for hydroxylation is 1. The lowest BCUT2D eigenvalue weighted by atomic mass is 9.99. The summed E-state index contributed by atoms with van der Waals surface area (Å²) in [5, 5.41) is 16.9. The zero-order valence-electron chi connectivity index (χ0n) is 29.5. The van der Waals surface area contributed by atoms with Gasteiger partial charge in [-0.1, -0.05) is 59.6 Å². The van der Waals surface area contributed by atoms with Gasteiger partial charge in [-0.05, 0) is 37.5 Å². The van der Waals surface area contributed by atoms with Crippen LogP contribution in [0.15, 0.2) is 60.8 Å². The van der Waals surface area contributed by atoms with Crippen molar-refractivity contribution in [2.24, 2.45) is 7.05 Å². The average Bonchev–Trinajstić information content (AvgIpc) is 3.72. The van der Waals surface area contributed by atoms with Crippen molar-refractivity contribution in [2.75, 3.05) is 26.7 Å². The van der Waals surface area contributed by atoms with Crippen LogP contribution < -0.4 is 20.7 Å². The molecule has 2 aromatic carbocycles. The van der Waals surface area contributed by atoms with Crippen molar-refractivity contribution in [1.82, 2.24) is 40.6 Å². The number of pyridine rings is 2. The van der Waals surface area contributed by atoms with E-state index >= 15 is 0 Å². The quantitative estimate of drug-likeness (QED) is 0.147. The molecule has 2 aliphatic heterocycles. The molecule has 1 atom stereocenters. The Kier molecular flexibility index (Phi) is 10.7. The van der Waals surface area contributed by atoms with E-state index in [0.29, 0.717) is 59.4 Å². The van der Waals surface area contributed by atoms with Crippen LogP contribution in [0.2, 0.25) is 10.0 Å². The van der Waals surface area contributed by atoms with Gasteiger partial charge in [-0.25, -0.2) is 4.98 Å². The summed E-state index contributed by atoms with van der Waals surface area (Å²) in [4.78, 5) is 34.6. The first-order valence-corrected chi connectivity index (χ1v) is 18.4. The number of carbonyl (C=O) groups excluding carboxylic acids is 2. The Morgan fingerprint density at radius 1 is 1.00 bits per heavy atom. The fraction of sp³-hybridized carbons (Fsp3) is 0.359. The molecule has 270 valence electrons. The molecule has 0 radical (unpaired) electrons. The van der Waals surface area contributed by atoms with Crippen molar-refractivity contribution in [2.45, 2.75) is 57.8 Å². The molecule has 0 spiro atoms. The Morgan fingerprint density at radius 2 is 1.79 bits per heavy atom. The van der Waals surface area contributed by atoms with Crippen LogP contribution in [0.4, 0.5) is 0 Å². The Labute approximate surface area is 313 Å². The molecule has 0 bridgehead atoms. The van der Waals surface area contributed by atoms with Gasteiger partial charge < -0.3 is 25.6 Å². The van der Waals surface area contributed by atoms with Gasteiger partial charge in [0.25, 0.3) is 0 Å². The van der Waals surface area contributed by atoms with Gasteiger partial charge >= 0.3 is 0 Å². The van der Waals surface area contributed by atoms with E-state index in [1.807, 2.05) is 59.1 Å². The average molecular weight is 742 g/mol. The molecule has 0 aliphatic carbocycles. The number of aromatic nitrogens is 4. The number of amides is 2. The maximum Gasteiger partial charge on any atom is 0.220 e. The highest BCUT2D eigenvalue weighted by atomic mass is 35.5. The minimum atomic E-state index is 0.100. The van der Waals surface area contributed by atoms with Crippen molar-refractivity contribution < 1.29 is 14.3 Å². The van der Waals surface area contributed by atoms with E-state index in [0.717, 1.165) is 76.8 Å². The van der Waals surface area contributed by atoms with E-state index in [4.69, 9.17) is 38.0 Å². The lowest BCUT2D eigenvalue weighted by Crippen LogP contribution is -2.44. The Balaban J connectivity index is 1.10. The number of hydrogen-bond acceptors (Lipinski definition) is 8. The van der Waals surface area contributed by atoms with E-state index in [-0.39, 0.29) is 17.9 Å². The summed E-state index contributed by atoms with van der Waals surface area (Å²) >= 11 is 14.3. The standard InChI is InChI=1S/C39H42Cl2N8O3/c1-23(50)49-17-14-26(15-18-49)44-22-33-30-10-7-24(19-34(30)48(2)47-33)38-37(41)29(13-16-43-38)28-5-4-6-31(36(28)40)32-11-8-25(39(46-32)52-3)20-42-21-27-9-12-35(51)45-27/h4-8,10-11,13,16,19,26-27,42,44H,9,12,14-15,17-18,20-22H2,1-3H3,(H,45,51). The molecular formula is C39H42Cl2N8O3. The number of likely N-dealkylation sites (tertiary alicyclic amines) is 1. The summed E-state index contributed by atoms with van der Waals surface area (Å²) in [6.07, 6.45) is 5.02. The molecule has 52 heavy (non-hydrogen) atoms. The summed E-state index contributed by atoms with van der Waals surface area (Å²) < 4.78 is 7.56. The maximum atomic E-state index is 11.7. The molecule has 3 aromatic heterocycles. The zero-order chi connectivity index (χ0) is 36.4. The lowest BCUT2D eigenvalue weighted by molar-refractivity contribution is -0.130. The highest BCUT2D eigenvalue weighted by Crippen LogP contribution is 2.42. The number of halogens is 2. The van der Waals surface area contributed by atoms with Gasteiger partial charge in [0.15, 0.2) is 0 Å². The smallest absolute Gasteiger partial charge is 0.220 e. The second kappa shape index (κ2) is 15.6. The second-order valence-corrected chi connectivity index (χ2v) is 14.2. The van der Waals surface area contributed by atoms with E-state index in [1.54, 1.807) is 20.2 Å². The molecule has 7 rings (SSSR count). The molecule has 3 N–H and O–H groups in total. The number of benzene rings is 2. The molecule has 2 amide bonds. The first kappa shape index (κ1) is 35.8. The second-order valence-electron chi connectivity index (χ2n) is 13.5. The van der Waals surface area contributed by atoms with Gasteiger partial charge in [-0.15, -0.1) is 0 Å². The molecule has 5 aromatic rings. The van der Waals surface area contributed by atoms with Crippen LogP contribution in [-0.4, -0.2) is 75.3 Å². The van der Waals surface area contributed by atoms with E-state index < -0.39 is 0 Å². The van der Waals surface area contributed by atoms with Crippen molar-refractivity contribution in [3.05, 3.63) is 82.1 Å². The summed E-state index contributed by atoms with van der Waals surface area (Å²) in [6, 6.07) is 18.3. The molecule has 5 heterocycles. The van der Waals surface area contributed by atoms with Crippen molar-refractivity contribution in [1.29, 1.82) is 0 Å². The first-order chi connectivity index (χ1) is 25.2. The van der Waals surface area contributed by atoms with Gasteiger partial charge in [0, 0.05) is 105 Å². The van der Waals surface area contributed by atoms with Crippen molar-refractivity contribution in [3.8, 4) is 39.5 Å². The normalized spacial score (nSPS) is 16.4. The minimum Gasteiger partial charge on any atom is -0.481 e. The van der Waals surface area contributed by atoms with Crippen LogP contribution in [0.5, 0.6) is 5.88 Å². The Hall–Kier alpha value is -4.55. The summed E-state index contributed by atoms with van der Waals surface area (Å²) in [5.74, 6) is 0.744. The molecular weight excluding hydrogens is 699 g/mol. The molecule has 13 heteroatoms. The summed E-state index contributed by atoms with van der Waals surface area (Å²) in [6.45, 7) is 5.07. The van der Waals surface area contributed by atoms with Gasteiger partial charge in [0.1, 0.15) is 0 Å². The number of piperidine rings is 1. The SMILES string of the molecule is COc1nc(-c2cccc(-c3ccnc(-c4ccc5c(CNC6CCN(C(C)=O)CC6)nn(C)c5c4)c3Cl)c2Cl)ccc1CNCC1CCC(=O)N1. The van der Waals surface area contributed by atoms with Gasteiger partial charge in [0.2, 0.25) is 17.7 Å². The number of ether oxygens (including phenoxy) is 1. The number of methoxy groups -OCH3 is 1. The first-order valence-electron chi connectivity index (χ1n) is 17.6. The largest absolute Gasteiger partial charge is 0.481 e. The fourth-order valence-corrected chi connectivity index (χ4v) is 7.83. The molecule has 11 nitrogen and oxygen atoms in total. The Bertz CT molecular complexity index is 2130. The van der Waals surface area contributed by atoms with Gasteiger partial charge in [0.05, 0.1) is 39.8 Å². The topological polar surface area (TPSA) is 126 Å². The predicted octanol–water partition coefficient (Wildman–Crippen LogP) is 6.15. The molecule has 2 fully saturated rings. The Morgan fingerprint density at radius 3 is 2.54 bits per heavy atom. The van der Waals surface area contributed by atoms with Crippen LogP contribution in [-0.2, 0) is 29.7 Å². The van der Waals surface area contributed by atoms with Crippen LogP contribution in [0.1, 0.15) is 43.9 Å². The molecule has 2 aliphatic rings. The number of hydrogen-bond donors (Lipinski definition) is 3. The molecule has 0 saturated carbocycles. The highest BCUT2D eigenvalue weighted by molar-refractivity contribution is 6.39. The number of fused-ring (bicyclic) bond motifs is 1. The van der Waals surface area contributed by atoms with Crippen LogP contribution in [0, 0.1) is 0 Å². The number of carbonyl (C=O) groups is 2. The van der Waals surface area contributed by atoms with E-state index in [2.05, 4.69) is 33.1 Å². The highest BCUT2D eigenvalue weighted by Gasteiger charge is 2.23. The number of nitrogens with one attached hydrogen (secondary N) is 3. The summed E-state index contributed by atoms with van der Waals surface area (Å²) in [7, 11) is 3.55. The van der Waals surface area contributed by atoms with Crippen LogP contribution >= 0.6 is 23.2 Å². The molecule has 2 saturated heterocycles. The van der Waals surface area contributed by atoms with Crippen molar-refractivity contribution >= 4 is 45.9 Å². The van der Waals surface area contributed by atoms with Crippen molar-refractivity contribution in [3.63, 3.8) is 0 Å². The maximum absolute atomic E-state index is 11.7. The minimum absolute atomic E-state index is 0.100. The van der Waals surface area contributed by atoms with E-state index in [1.165, 1.54) is 0 Å². The van der Waals surface area contributed by atoms with Crippen LogP contribution in [0.3, 0.4) is 0 Å². The third-order valence-electron chi connectivity index (χ3n) is 10.1. The summed E-state index contributed by atoms with van der Waals surface area (Å²) in [5.41, 5.74) is 7.33.